The topological polar surface area (TPSA) is 9.23 Å². The summed E-state index contributed by atoms with van der Waals surface area (Å²) in [4.78, 5) is 0. The fourth-order valence-electron chi connectivity index (χ4n) is 1.79. The van der Waals surface area contributed by atoms with Gasteiger partial charge in [-0.15, -0.1) is 0 Å². The van der Waals surface area contributed by atoms with Crippen LogP contribution in [0.3, 0.4) is 0 Å². The maximum absolute atomic E-state index is 6.04. The van der Waals surface area contributed by atoms with E-state index in [-0.39, 0.29) is 5.60 Å². The van der Waals surface area contributed by atoms with Crippen molar-refractivity contribution in [3.05, 3.63) is 52.1 Å². The van der Waals surface area contributed by atoms with Crippen LogP contribution in [-0.4, -0.2) is 5.60 Å². The van der Waals surface area contributed by atoms with E-state index >= 15 is 0 Å². The third kappa shape index (κ3) is 3.25. The normalized spacial score (nSPS) is 11.3. The van der Waals surface area contributed by atoms with E-state index in [0.29, 0.717) is 0 Å². The van der Waals surface area contributed by atoms with Crippen molar-refractivity contribution < 1.29 is 4.74 Å². The van der Waals surface area contributed by atoms with Gasteiger partial charge in [0, 0.05) is 9.13 Å². The van der Waals surface area contributed by atoms with Gasteiger partial charge >= 0.3 is 0 Å². The lowest BCUT2D eigenvalue weighted by atomic mass is 10.0. The second-order valence-electron chi connectivity index (χ2n) is 5.19. The number of hydrogen-bond acceptors (Lipinski definition) is 1. The summed E-state index contributed by atoms with van der Waals surface area (Å²) in [6.45, 7) is 6.21. The molecular formula is C16H17IO. The van der Waals surface area contributed by atoms with Gasteiger partial charge in [-0.3, -0.25) is 0 Å². The van der Waals surface area contributed by atoms with Crippen LogP contribution < -0.4 is 4.74 Å². The molecule has 0 aliphatic heterocycles. The first-order valence-electron chi connectivity index (χ1n) is 6.00. The summed E-state index contributed by atoms with van der Waals surface area (Å²) < 4.78 is 7.28. The first-order chi connectivity index (χ1) is 8.47. The molecule has 0 radical (unpaired) electrons. The lowest BCUT2D eigenvalue weighted by Crippen LogP contribution is -2.23. The minimum Gasteiger partial charge on any atom is -0.488 e. The van der Waals surface area contributed by atoms with Crippen LogP contribution in [0.2, 0.25) is 0 Å². The minimum absolute atomic E-state index is 0.184. The van der Waals surface area contributed by atoms with Crippen LogP contribution in [0.1, 0.15) is 20.8 Å². The summed E-state index contributed by atoms with van der Waals surface area (Å²) in [5, 5.41) is 0. The predicted octanol–water partition coefficient (Wildman–Crippen LogP) is 5.14. The quantitative estimate of drug-likeness (QED) is 0.681. The summed E-state index contributed by atoms with van der Waals surface area (Å²) >= 11 is 2.36. The molecule has 0 aliphatic rings. The lowest BCUT2D eigenvalue weighted by molar-refractivity contribution is 0.132. The number of ether oxygens (including phenoxy) is 1. The fourth-order valence-corrected chi connectivity index (χ4v) is 2.47. The molecule has 0 bridgehead atoms. The Bertz CT molecular complexity index is 541. The summed E-state index contributed by atoms with van der Waals surface area (Å²) in [5.74, 6) is 0.939. The molecule has 0 N–H and O–H groups in total. The number of halogens is 1. The SMILES string of the molecule is CC(C)(C)Oc1ccccc1-c1ccccc1I. The number of para-hydroxylation sites is 1. The molecule has 2 aromatic carbocycles. The molecule has 0 heterocycles. The van der Waals surface area contributed by atoms with Crippen LogP contribution in [0.5, 0.6) is 5.75 Å². The lowest BCUT2D eigenvalue weighted by Gasteiger charge is -2.23. The maximum Gasteiger partial charge on any atom is 0.127 e. The Hall–Kier alpha value is -1.03. The number of rotatable bonds is 2. The Labute approximate surface area is 122 Å². The van der Waals surface area contributed by atoms with Gasteiger partial charge in [0.15, 0.2) is 0 Å². The zero-order chi connectivity index (χ0) is 13.2. The van der Waals surface area contributed by atoms with Gasteiger partial charge < -0.3 is 4.74 Å². The molecule has 94 valence electrons. The monoisotopic (exact) mass is 352 g/mol. The van der Waals surface area contributed by atoms with Crippen molar-refractivity contribution in [1.29, 1.82) is 0 Å². The van der Waals surface area contributed by atoms with Crippen LogP contribution >= 0.6 is 22.6 Å². The molecule has 0 unspecified atom stereocenters. The zero-order valence-corrected chi connectivity index (χ0v) is 13.1. The molecule has 2 heteroatoms. The molecule has 0 spiro atoms. The molecule has 0 aromatic heterocycles. The van der Waals surface area contributed by atoms with E-state index in [9.17, 15) is 0 Å². The molecule has 0 fully saturated rings. The first kappa shape index (κ1) is 13.4. The summed E-state index contributed by atoms with van der Waals surface area (Å²) in [6, 6.07) is 16.6. The summed E-state index contributed by atoms with van der Waals surface area (Å²) in [7, 11) is 0. The van der Waals surface area contributed by atoms with Crippen molar-refractivity contribution in [3.63, 3.8) is 0 Å². The Morgan fingerprint density at radius 1 is 0.833 bits per heavy atom. The smallest absolute Gasteiger partial charge is 0.127 e. The Kier molecular flexibility index (Phi) is 3.95. The van der Waals surface area contributed by atoms with Gasteiger partial charge in [0.1, 0.15) is 11.4 Å². The molecule has 0 amide bonds. The van der Waals surface area contributed by atoms with E-state index < -0.39 is 0 Å². The summed E-state index contributed by atoms with van der Waals surface area (Å²) in [5.41, 5.74) is 2.19. The van der Waals surface area contributed by atoms with Gasteiger partial charge in [0.05, 0.1) is 0 Å². The first-order valence-corrected chi connectivity index (χ1v) is 7.08. The third-order valence-corrected chi connectivity index (χ3v) is 3.41. The molecular weight excluding hydrogens is 335 g/mol. The molecule has 2 aromatic rings. The Morgan fingerprint density at radius 2 is 1.39 bits per heavy atom. The van der Waals surface area contributed by atoms with Crippen LogP contribution in [0.25, 0.3) is 11.1 Å². The van der Waals surface area contributed by atoms with Gasteiger partial charge in [0.25, 0.3) is 0 Å². The van der Waals surface area contributed by atoms with Crippen LogP contribution in [0.4, 0.5) is 0 Å². The number of benzene rings is 2. The zero-order valence-electron chi connectivity index (χ0n) is 10.9. The van der Waals surface area contributed by atoms with E-state index in [0.717, 1.165) is 11.3 Å². The van der Waals surface area contributed by atoms with Crippen LogP contribution in [-0.2, 0) is 0 Å². The van der Waals surface area contributed by atoms with Crippen molar-refractivity contribution in [2.24, 2.45) is 0 Å². The fraction of sp³-hybridized carbons (Fsp3) is 0.250. The largest absolute Gasteiger partial charge is 0.488 e. The van der Waals surface area contributed by atoms with Crippen LogP contribution in [0.15, 0.2) is 48.5 Å². The highest BCUT2D eigenvalue weighted by Gasteiger charge is 2.15. The van der Waals surface area contributed by atoms with E-state index in [1.807, 2.05) is 18.2 Å². The molecule has 0 saturated carbocycles. The number of hydrogen-bond donors (Lipinski definition) is 0. The molecule has 2 rings (SSSR count). The van der Waals surface area contributed by atoms with E-state index in [1.165, 1.54) is 9.13 Å². The molecule has 0 atom stereocenters. The van der Waals surface area contributed by atoms with Crippen molar-refractivity contribution in [1.82, 2.24) is 0 Å². The van der Waals surface area contributed by atoms with Crippen molar-refractivity contribution in [2.45, 2.75) is 26.4 Å². The predicted molar refractivity (Wildman–Crippen MR) is 85.0 cm³/mol. The highest BCUT2D eigenvalue weighted by atomic mass is 127. The van der Waals surface area contributed by atoms with Crippen molar-refractivity contribution in [2.75, 3.05) is 0 Å². The Morgan fingerprint density at radius 3 is 2.00 bits per heavy atom. The standard InChI is InChI=1S/C16H17IO/c1-16(2,3)18-15-11-7-5-9-13(15)12-8-4-6-10-14(12)17/h4-11H,1-3H3. The second-order valence-corrected chi connectivity index (χ2v) is 6.35. The van der Waals surface area contributed by atoms with Gasteiger partial charge in [-0.05, 0) is 61.1 Å². The average molecular weight is 352 g/mol. The highest BCUT2D eigenvalue weighted by molar-refractivity contribution is 14.1. The molecule has 18 heavy (non-hydrogen) atoms. The Balaban J connectivity index is 2.49. The van der Waals surface area contributed by atoms with E-state index in [4.69, 9.17) is 4.74 Å². The molecule has 1 nitrogen and oxygen atoms in total. The molecule has 0 aliphatic carbocycles. The van der Waals surface area contributed by atoms with Gasteiger partial charge in [-0.25, -0.2) is 0 Å². The van der Waals surface area contributed by atoms with Gasteiger partial charge in [-0.1, -0.05) is 36.4 Å². The van der Waals surface area contributed by atoms with E-state index in [2.05, 4.69) is 73.7 Å². The molecule has 0 saturated heterocycles. The van der Waals surface area contributed by atoms with Crippen molar-refractivity contribution >= 4 is 22.6 Å². The van der Waals surface area contributed by atoms with Gasteiger partial charge in [0.2, 0.25) is 0 Å². The highest BCUT2D eigenvalue weighted by Crippen LogP contribution is 2.34. The average Bonchev–Trinajstić information content (AvgIpc) is 2.29. The third-order valence-electron chi connectivity index (χ3n) is 2.47. The van der Waals surface area contributed by atoms with Gasteiger partial charge in [-0.2, -0.15) is 0 Å². The van der Waals surface area contributed by atoms with Crippen molar-refractivity contribution in [3.8, 4) is 16.9 Å². The van der Waals surface area contributed by atoms with E-state index in [1.54, 1.807) is 0 Å². The second kappa shape index (κ2) is 5.31. The maximum atomic E-state index is 6.04. The summed E-state index contributed by atoms with van der Waals surface area (Å²) in [6.07, 6.45) is 0. The minimum atomic E-state index is -0.184. The van der Waals surface area contributed by atoms with Crippen LogP contribution in [0, 0.1) is 3.57 Å².